The van der Waals surface area contributed by atoms with Crippen LogP contribution in [0.5, 0.6) is 0 Å². The first kappa shape index (κ1) is 20.1. The van der Waals surface area contributed by atoms with Crippen LogP contribution < -0.4 is 0 Å². The third-order valence-electron chi connectivity index (χ3n) is 4.56. The van der Waals surface area contributed by atoms with Gasteiger partial charge in [-0.3, -0.25) is 9.59 Å². The Morgan fingerprint density at radius 1 is 1.25 bits per heavy atom. The number of hydrogen-bond acceptors (Lipinski definition) is 6. The fourth-order valence-corrected chi connectivity index (χ4v) is 4.25. The summed E-state index contributed by atoms with van der Waals surface area (Å²) in [5, 5.41) is 9.49. The van der Waals surface area contributed by atoms with Crippen LogP contribution in [0.2, 0.25) is 0 Å². The predicted octanol–water partition coefficient (Wildman–Crippen LogP) is 3.16. The SMILES string of the molecule is CC(=O)c1cc(C#N)c(SC(C(=O)N2CCOCC2)c2ccccc2)nc1C. The standard InChI is InChI=1S/C21H21N3O3S/c1-14-18(15(2)25)12-17(13-22)20(23-14)28-19(16-6-4-3-5-7-16)21(26)24-8-10-27-11-9-24/h3-7,12,19H,8-11H2,1-2H3. The van der Waals surface area contributed by atoms with Crippen molar-refractivity contribution in [2.24, 2.45) is 0 Å². The number of benzene rings is 1. The molecule has 0 spiro atoms. The summed E-state index contributed by atoms with van der Waals surface area (Å²) >= 11 is 1.25. The van der Waals surface area contributed by atoms with Gasteiger partial charge >= 0.3 is 0 Å². The summed E-state index contributed by atoms with van der Waals surface area (Å²) in [6, 6.07) is 13.2. The van der Waals surface area contributed by atoms with Gasteiger partial charge in [-0.15, -0.1) is 0 Å². The molecule has 0 aliphatic carbocycles. The first-order valence-corrected chi connectivity index (χ1v) is 9.90. The Bertz CT molecular complexity index is 918. The van der Waals surface area contributed by atoms with Gasteiger partial charge in [0.2, 0.25) is 5.91 Å². The molecule has 144 valence electrons. The molecule has 0 radical (unpaired) electrons. The van der Waals surface area contributed by atoms with Crippen molar-refractivity contribution in [3.8, 4) is 6.07 Å². The molecule has 0 N–H and O–H groups in total. The lowest BCUT2D eigenvalue weighted by molar-refractivity contribution is -0.134. The van der Waals surface area contributed by atoms with E-state index in [1.807, 2.05) is 30.3 Å². The minimum atomic E-state index is -0.526. The average Bonchev–Trinajstić information content (AvgIpc) is 2.72. The third-order valence-corrected chi connectivity index (χ3v) is 5.80. The van der Waals surface area contributed by atoms with Gasteiger partial charge in [-0.1, -0.05) is 42.1 Å². The van der Waals surface area contributed by atoms with E-state index in [2.05, 4.69) is 11.1 Å². The number of carbonyl (C=O) groups is 2. The average molecular weight is 395 g/mol. The maximum atomic E-state index is 13.2. The van der Waals surface area contributed by atoms with Gasteiger partial charge < -0.3 is 9.64 Å². The second-order valence-corrected chi connectivity index (χ2v) is 7.58. The van der Waals surface area contributed by atoms with Gasteiger partial charge in [0.05, 0.1) is 18.8 Å². The lowest BCUT2D eigenvalue weighted by Gasteiger charge is -2.30. The van der Waals surface area contributed by atoms with Crippen molar-refractivity contribution in [3.05, 3.63) is 58.8 Å². The van der Waals surface area contributed by atoms with Gasteiger partial charge in [0.25, 0.3) is 0 Å². The van der Waals surface area contributed by atoms with Gasteiger partial charge in [-0.25, -0.2) is 4.98 Å². The van der Waals surface area contributed by atoms with Crippen LogP contribution in [-0.2, 0) is 9.53 Å². The van der Waals surface area contributed by atoms with Gasteiger partial charge in [-0.05, 0) is 25.5 Å². The summed E-state index contributed by atoms with van der Waals surface area (Å²) in [6.45, 7) is 5.32. The summed E-state index contributed by atoms with van der Waals surface area (Å²) in [6.07, 6.45) is 0. The molecular formula is C21H21N3O3S. The molecule has 1 aliphatic heterocycles. The number of ketones is 1. The summed E-state index contributed by atoms with van der Waals surface area (Å²) in [5.74, 6) is -0.166. The second kappa shape index (κ2) is 9.00. The number of nitrogens with zero attached hydrogens (tertiary/aromatic N) is 3. The monoisotopic (exact) mass is 395 g/mol. The van der Waals surface area contributed by atoms with Crippen molar-refractivity contribution >= 4 is 23.5 Å². The molecule has 3 rings (SSSR count). The molecule has 1 aromatic heterocycles. The van der Waals surface area contributed by atoms with Crippen molar-refractivity contribution in [3.63, 3.8) is 0 Å². The van der Waals surface area contributed by atoms with Crippen molar-refractivity contribution < 1.29 is 14.3 Å². The van der Waals surface area contributed by atoms with Gasteiger partial charge in [0, 0.05) is 24.3 Å². The van der Waals surface area contributed by atoms with E-state index in [0.29, 0.717) is 48.2 Å². The molecule has 1 fully saturated rings. The van der Waals surface area contributed by atoms with Crippen molar-refractivity contribution in [1.29, 1.82) is 5.26 Å². The largest absolute Gasteiger partial charge is 0.378 e. The number of Topliss-reactive ketones (excluding diaryl/α,β-unsaturated/α-hetero) is 1. The summed E-state index contributed by atoms with van der Waals surface area (Å²) in [7, 11) is 0. The number of nitriles is 1. The topological polar surface area (TPSA) is 83.3 Å². The first-order chi connectivity index (χ1) is 13.5. The highest BCUT2D eigenvalue weighted by Crippen LogP contribution is 2.38. The second-order valence-electron chi connectivity index (χ2n) is 6.49. The summed E-state index contributed by atoms with van der Waals surface area (Å²) in [5.41, 5.74) is 2.13. The normalized spacial score (nSPS) is 15.0. The van der Waals surface area contributed by atoms with Crippen LogP contribution in [0.1, 0.15) is 39.4 Å². The molecule has 0 saturated carbocycles. The molecule has 1 aromatic carbocycles. The van der Waals surface area contributed by atoms with Gasteiger partial charge in [0.1, 0.15) is 16.3 Å². The number of morpholine rings is 1. The lowest BCUT2D eigenvalue weighted by atomic mass is 10.1. The fraction of sp³-hybridized carbons (Fsp3) is 0.333. The molecule has 28 heavy (non-hydrogen) atoms. The first-order valence-electron chi connectivity index (χ1n) is 9.02. The lowest BCUT2D eigenvalue weighted by Crippen LogP contribution is -2.42. The molecule has 7 heteroatoms. The number of hydrogen-bond donors (Lipinski definition) is 0. The molecule has 6 nitrogen and oxygen atoms in total. The molecule has 2 heterocycles. The van der Waals surface area contributed by atoms with Crippen LogP contribution in [-0.4, -0.2) is 47.9 Å². The number of rotatable bonds is 5. The van der Waals surface area contributed by atoms with E-state index in [1.54, 1.807) is 17.9 Å². The van der Waals surface area contributed by atoms with Gasteiger partial charge in [0.15, 0.2) is 5.78 Å². The Morgan fingerprint density at radius 2 is 1.93 bits per heavy atom. The van der Waals surface area contributed by atoms with Crippen molar-refractivity contribution in [2.45, 2.75) is 24.1 Å². The zero-order chi connectivity index (χ0) is 20.1. The van der Waals surface area contributed by atoms with Crippen LogP contribution in [0.15, 0.2) is 41.4 Å². The Kier molecular flexibility index (Phi) is 6.45. The number of aryl methyl sites for hydroxylation is 1. The number of ether oxygens (including phenoxy) is 1. The molecular weight excluding hydrogens is 374 g/mol. The molecule has 0 bridgehead atoms. The van der Waals surface area contributed by atoms with Crippen molar-refractivity contribution in [1.82, 2.24) is 9.88 Å². The molecule has 1 saturated heterocycles. The Morgan fingerprint density at radius 3 is 2.54 bits per heavy atom. The van der Waals surface area contributed by atoms with Crippen molar-refractivity contribution in [2.75, 3.05) is 26.3 Å². The number of amides is 1. The van der Waals surface area contributed by atoms with E-state index in [1.165, 1.54) is 18.7 Å². The van der Waals surface area contributed by atoms with Crippen LogP contribution >= 0.6 is 11.8 Å². The highest BCUT2D eigenvalue weighted by Gasteiger charge is 2.29. The van der Waals surface area contributed by atoms with Crippen LogP contribution in [0, 0.1) is 18.3 Å². The third kappa shape index (κ3) is 4.41. The summed E-state index contributed by atoms with van der Waals surface area (Å²) in [4.78, 5) is 31.3. The van der Waals surface area contributed by atoms with Crippen LogP contribution in [0.4, 0.5) is 0 Å². The number of thioether (sulfide) groups is 1. The number of pyridine rings is 1. The zero-order valence-electron chi connectivity index (χ0n) is 15.8. The Labute approximate surface area is 168 Å². The van der Waals surface area contributed by atoms with E-state index >= 15 is 0 Å². The van der Waals surface area contributed by atoms with E-state index in [9.17, 15) is 14.9 Å². The maximum absolute atomic E-state index is 13.2. The van der Waals surface area contributed by atoms with Crippen LogP contribution in [0.3, 0.4) is 0 Å². The minimum absolute atomic E-state index is 0.0292. The van der Waals surface area contributed by atoms with Gasteiger partial charge in [-0.2, -0.15) is 5.26 Å². The molecule has 1 unspecified atom stereocenters. The predicted molar refractivity (Wildman–Crippen MR) is 106 cm³/mol. The maximum Gasteiger partial charge on any atom is 0.240 e. The summed E-state index contributed by atoms with van der Waals surface area (Å²) < 4.78 is 5.35. The molecule has 1 amide bonds. The zero-order valence-corrected chi connectivity index (χ0v) is 16.7. The molecule has 1 atom stereocenters. The fourth-order valence-electron chi connectivity index (χ4n) is 3.06. The smallest absolute Gasteiger partial charge is 0.240 e. The van der Waals surface area contributed by atoms with E-state index in [4.69, 9.17) is 4.74 Å². The highest BCUT2D eigenvalue weighted by molar-refractivity contribution is 8.00. The molecule has 2 aromatic rings. The van der Waals surface area contributed by atoms with E-state index in [0.717, 1.165) is 5.56 Å². The molecule has 1 aliphatic rings. The Balaban J connectivity index is 1.98. The van der Waals surface area contributed by atoms with E-state index < -0.39 is 5.25 Å². The number of carbonyl (C=O) groups excluding carboxylic acids is 2. The number of aromatic nitrogens is 1. The Hall–Kier alpha value is -2.69. The minimum Gasteiger partial charge on any atom is -0.378 e. The van der Waals surface area contributed by atoms with Crippen LogP contribution in [0.25, 0.3) is 0 Å². The van der Waals surface area contributed by atoms with E-state index in [-0.39, 0.29) is 11.7 Å². The quantitative estimate of drug-likeness (QED) is 0.571. The highest BCUT2D eigenvalue weighted by atomic mass is 32.2.